The molecule has 0 spiro atoms. The van der Waals surface area contributed by atoms with Crippen LogP contribution in [-0.2, 0) is 26.2 Å². The number of nitrogens with zero attached hydrogens (tertiary/aromatic N) is 3. The fraction of sp³-hybridized carbons (Fsp3) is 0.436. The molecular formula is C39H43F3N4O5S. The molecule has 4 aromatic rings. The molecule has 9 nitrogen and oxygen atoms in total. The zero-order valence-electron chi connectivity index (χ0n) is 29.4. The number of methoxy groups -OCH3 is 1. The maximum atomic E-state index is 14.2. The molecule has 3 heterocycles. The number of ether oxygens (including phenoxy) is 2. The Labute approximate surface area is 301 Å². The van der Waals surface area contributed by atoms with Crippen LogP contribution in [0, 0.1) is 0 Å². The molecule has 2 atom stereocenters. The number of alkyl halides is 3. The zero-order valence-corrected chi connectivity index (χ0v) is 30.3. The third-order valence-corrected chi connectivity index (χ3v) is 13.2. The third-order valence-electron chi connectivity index (χ3n) is 11.1. The van der Waals surface area contributed by atoms with E-state index >= 15 is 0 Å². The number of pyridine rings is 1. The van der Waals surface area contributed by atoms with Crippen molar-refractivity contribution in [1.82, 2.24) is 14.8 Å². The summed E-state index contributed by atoms with van der Waals surface area (Å²) in [5.41, 5.74) is 6.37. The molecule has 3 aromatic carbocycles. The molecule has 7 rings (SSSR count). The lowest BCUT2D eigenvalue weighted by Gasteiger charge is -2.41. The first kappa shape index (κ1) is 36.3. The Bertz CT molecular complexity index is 2100. The molecule has 3 aliphatic rings. The minimum Gasteiger partial charge on any atom is -0.495 e. The third kappa shape index (κ3) is 6.35. The van der Waals surface area contributed by atoms with Crippen LogP contribution in [-0.4, -0.2) is 92.9 Å². The number of carbonyl (C=O) groups is 1. The van der Waals surface area contributed by atoms with E-state index in [1.165, 1.54) is 25.3 Å². The number of sulfone groups is 1. The smallest absolute Gasteiger partial charge is 0.416 e. The van der Waals surface area contributed by atoms with Crippen LogP contribution >= 0.6 is 0 Å². The largest absolute Gasteiger partial charge is 0.495 e. The molecule has 3 fully saturated rings. The molecule has 1 saturated carbocycles. The standard InChI is InChI=1S/C39H43F3N4O5S/c1-24(2)52(48,49)32-21-29-30(22-31(32)50-3)44-36(25-8-7-11-27(20-25)39(40,41)42)35(34(29)37(43)47)38(26-9-5-4-6-10-26)23-33(38)46-14-12-28(13-15-46)45-16-18-51-19-17-45/h4-11,20-22,24,28,33H,12-19,23H2,1-3H3,(H2,43,47). The summed E-state index contributed by atoms with van der Waals surface area (Å²) in [5, 5.41) is -0.609. The Morgan fingerprint density at radius 1 is 0.981 bits per heavy atom. The summed E-state index contributed by atoms with van der Waals surface area (Å²) in [6.45, 7) is 7.91. The highest BCUT2D eigenvalue weighted by atomic mass is 32.2. The Morgan fingerprint density at radius 2 is 1.67 bits per heavy atom. The number of hydrogen-bond donors (Lipinski definition) is 1. The van der Waals surface area contributed by atoms with Gasteiger partial charge in [0.15, 0.2) is 9.84 Å². The van der Waals surface area contributed by atoms with Crippen molar-refractivity contribution in [2.75, 3.05) is 46.5 Å². The fourth-order valence-electron chi connectivity index (χ4n) is 8.30. The van der Waals surface area contributed by atoms with Crippen molar-refractivity contribution in [3.63, 3.8) is 0 Å². The number of fused-ring (bicyclic) bond motifs is 1. The molecule has 1 amide bonds. The summed E-state index contributed by atoms with van der Waals surface area (Å²) in [4.78, 5) is 23.7. The molecular weight excluding hydrogens is 694 g/mol. The van der Waals surface area contributed by atoms with Gasteiger partial charge in [-0.25, -0.2) is 13.4 Å². The van der Waals surface area contributed by atoms with Gasteiger partial charge in [0.2, 0.25) is 5.91 Å². The van der Waals surface area contributed by atoms with E-state index in [4.69, 9.17) is 20.2 Å². The van der Waals surface area contributed by atoms with E-state index in [2.05, 4.69) is 9.80 Å². The van der Waals surface area contributed by atoms with Crippen LogP contribution < -0.4 is 10.5 Å². The lowest BCUT2D eigenvalue weighted by molar-refractivity contribution is -0.137. The van der Waals surface area contributed by atoms with Gasteiger partial charge in [0.25, 0.3) is 0 Å². The van der Waals surface area contributed by atoms with Crippen LogP contribution in [0.25, 0.3) is 22.2 Å². The number of halogens is 3. The molecule has 0 bridgehead atoms. The average Bonchev–Trinajstić information content (AvgIpc) is 3.90. The summed E-state index contributed by atoms with van der Waals surface area (Å²) in [6.07, 6.45) is -2.19. The van der Waals surface area contributed by atoms with Gasteiger partial charge in [0.05, 0.1) is 47.9 Å². The summed E-state index contributed by atoms with van der Waals surface area (Å²) < 4.78 is 80.8. The first-order valence-corrected chi connectivity index (χ1v) is 19.2. The van der Waals surface area contributed by atoms with E-state index < -0.39 is 38.1 Å². The number of aromatic nitrogens is 1. The van der Waals surface area contributed by atoms with Crippen molar-refractivity contribution in [3.05, 3.63) is 89.0 Å². The SMILES string of the molecule is COc1cc2nc(-c3cccc(C(F)(F)F)c3)c(C3(c4ccccc4)CC3N3CCC(N4CCOCC4)CC3)c(C(N)=O)c2cc1S(=O)(=O)C(C)C. The van der Waals surface area contributed by atoms with Gasteiger partial charge < -0.3 is 15.2 Å². The molecule has 276 valence electrons. The van der Waals surface area contributed by atoms with Crippen molar-refractivity contribution in [2.24, 2.45) is 5.73 Å². The van der Waals surface area contributed by atoms with Crippen molar-refractivity contribution < 1.29 is 35.9 Å². The van der Waals surface area contributed by atoms with Gasteiger partial charge in [-0.15, -0.1) is 0 Å². The molecule has 2 aliphatic heterocycles. The highest BCUT2D eigenvalue weighted by Gasteiger charge is 2.62. The molecule has 2 N–H and O–H groups in total. The summed E-state index contributed by atoms with van der Waals surface area (Å²) in [5.74, 6) is -0.822. The molecule has 2 saturated heterocycles. The first-order valence-electron chi connectivity index (χ1n) is 17.7. The molecule has 1 aromatic heterocycles. The normalized spacial score (nSPS) is 22.2. The van der Waals surface area contributed by atoms with Crippen molar-refractivity contribution in [3.8, 4) is 17.0 Å². The number of rotatable bonds is 9. The summed E-state index contributed by atoms with van der Waals surface area (Å²) in [6, 6.07) is 17.6. The topological polar surface area (TPSA) is 115 Å². The second kappa shape index (κ2) is 13.7. The lowest BCUT2D eigenvalue weighted by atomic mass is 9.79. The van der Waals surface area contributed by atoms with Crippen LogP contribution in [0.4, 0.5) is 13.2 Å². The van der Waals surface area contributed by atoms with Crippen LogP contribution in [0.2, 0.25) is 0 Å². The van der Waals surface area contributed by atoms with Gasteiger partial charge in [-0.2, -0.15) is 13.2 Å². The summed E-state index contributed by atoms with van der Waals surface area (Å²) in [7, 11) is -2.58. The predicted molar refractivity (Wildman–Crippen MR) is 192 cm³/mol. The summed E-state index contributed by atoms with van der Waals surface area (Å²) >= 11 is 0. The van der Waals surface area contributed by atoms with Crippen LogP contribution in [0.5, 0.6) is 5.75 Å². The minimum absolute atomic E-state index is 0.0112. The van der Waals surface area contributed by atoms with E-state index in [0.717, 1.165) is 69.9 Å². The van der Waals surface area contributed by atoms with Crippen LogP contribution in [0.1, 0.15) is 60.2 Å². The predicted octanol–water partition coefficient (Wildman–Crippen LogP) is 6.07. The van der Waals surface area contributed by atoms with E-state index in [1.54, 1.807) is 19.9 Å². The van der Waals surface area contributed by atoms with Crippen molar-refractivity contribution >= 4 is 26.6 Å². The molecule has 52 heavy (non-hydrogen) atoms. The van der Waals surface area contributed by atoms with Gasteiger partial charge in [0.1, 0.15) is 10.6 Å². The Morgan fingerprint density at radius 3 is 2.29 bits per heavy atom. The van der Waals surface area contributed by atoms with Gasteiger partial charge in [-0.1, -0.05) is 42.5 Å². The van der Waals surface area contributed by atoms with Gasteiger partial charge in [-0.3, -0.25) is 14.6 Å². The number of likely N-dealkylation sites (tertiary alicyclic amines) is 1. The highest BCUT2D eigenvalue weighted by molar-refractivity contribution is 7.92. The fourth-order valence-corrected chi connectivity index (χ4v) is 9.51. The first-order chi connectivity index (χ1) is 24.8. The van der Waals surface area contributed by atoms with Crippen LogP contribution in [0.3, 0.4) is 0 Å². The number of amides is 1. The second-order valence-electron chi connectivity index (χ2n) is 14.2. The molecule has 13 heteroatoms. The van der Waals surface area contributed by atoms with Gasteiger partial charge in [-0.05, 0) is 70.0 Å². The number of carbonyl (C=O) groups excluding carboxylic acids is 1. The van der Waals surface area contributed by atoms with Gasteiger partial charge in [0, 0.05) is 53.2 Å². The average molecular weight is 737 g/mol. The highest BCUT2D eigenvalue weighted by Crippen LogP contribution is 2.60. The van der Waals surface area contributed by atoms with Gasteiger partial charge >= 0.3 is 6.18 Å². The number of morpholine rings is 1. The maximum Gasteiger partial charge on any atom is 0.416 e. The Balaban J connectivity index is 1.48. The second-order valence-corrected chi connectivity index (χ2v) is 16.7. The minimum atomic E-state index is -4.63. The molecule has 2 unspecified atom stereocenters. The maximum absolute atomic E-state index is 14.2. The van der Waals surface area contributed by atoms with Crippen molar-refractivity contribution in [2.45, 2.75) is 66.9 Å². The van der Waals surface area contributed by atoms with E-state index in [1.807, 2.05) is 30.3 Å². The lowest BCUT2D eigenvalue weighted by Crippen LogP contribution is -2.50. The van der Waals surface area contributed by atoms with E-state index in [0.29, 0.717) is 18.0 Å². The monoisotopic (exact) mass is 736 g/mol. The Kier molecular flexibility index (Phi) is 9.60. The van der Waals surface area contributed by atoms with Crippen molar-refractivity contribution in [1.29, 1.82) is 0 Å². The number of primary amides is 1. The molecule has 0 radical (unpaired) electrons. The van der Waals surface area contributed by atoms with E-state index in [9.17, 15) is 26.4 Å². The number of hydrogen-bond acceptors (Lipinski definition) is 8. The number of piperidine rings is 1. The molecule has 1 aliphatic carbocycles. The van der Waals surface area contributed by atoms with E-state index in [-0.39, 0.29) is 44.4 Å². The number of nitrogens with two attached hydrogens (primary N) is 1. The van der Waals surface area contributed by atoms with Crippen LogP contribution in [0.15, 0.2) is 71.6 Å². The number of benzene rings is 3. The zero-order chi connectivity index (χ0) is 37.0. The Hall–Kier alpha value is -4.04. The quantitative estimate of drug-likeness (QED) is 0.221.